The Kier molecular flexibility index (Phi) is 7.40. The summed E-state index contributed by atoms with van der Waals surface area (Å²) in [6, 6.07) is 5.10. The first-order valence-electron chi connectivity index (χ1n) is 12.6. The molecule has 0 aliphatic heterocycles. The lowest BCUT2D eigenvalue weighted by molar-refractivity contribution is -0.275. The highest BCUT2D eigenvalue weighted by Crippen LogP contribution is 2.47. The maximum atomic E-state index is 14.1. The second-order valence-corrected chi connectivity index (χ2v) is 10.2. The van der Waals surface area contributed by atoms with Crippen LogP contribution in [0, 0.1) is 11.6 Å². The van der Waals surface area contributed by atoms with E-state index in [1.54, 1.807) is 0 Å². The minimum atomic E-state index is -5.06. The summed E-state index contributed by atoms with van der Waals surface area (Å²) < 4.78 is 79.1. The number of alkyl halides is 3. The van der Waals surface area contributed by atoms with Crippen molar-refractivity contribution in [1.82, 2.24) is 20.8 Å². The van der Waals surface area contributed by atoms with Crippen molar-refractivity contribution < 1.29 is 50.9 Å². The van der Waals surface area contributed by atoms with E-state index < -0.39 is 59.3 Å². The van der Waals surface area contributed by atoms with Gasteiger partial charge in [0.15, 0.2) is 24.8 Å². The van der Waals surface area contributed by atoms with Gasteiger partial charge in [-0.05, 0) is 44.2 Å². The van der Waals surface area contributed by atoms with Gasteiger partial charge >= 0.3 is 6.36 Å². The van der Waals surface area contributed by atoms with Gasteiger partial charge in [-0.25, -0.2) is 8.78 Å². The molecule has 41 heavy (non-hydrogen) atoms. The van der Waals surface area contributed by atoms with Gasteiger partial charge in [-0.1, -0.05) is 0 Å². The molecule has 4 N–H and O–H groups in total. The van der Waals surface area contributed by atoms with E-state index in [-0.39, 0.29) is 24.5 Å². The quantitative estimate of drug-likeness (QED) is 0.284. The van der Waals surface area contributed by atoms with Crippen molar-refractivity contribution >= 4 is 22.7 Å². The Labute approximate surface area is 229 Å². The zero-order valence-corrected chi connectivity index (χ0v) is 21.3. The zero-order chi connectivity index (χ0) is 29.4. The van der Waals surface area contributed by atoms with Crippen LogP contribution in [0.15, 0.2) is 36.5 Å². The highest BCUT2D eigenvalue weighted by atomic mass is 19.4. The van der Waals surface area contributed by atoms with Crippen molar-refractivity contribution in [2.75, 3.05) is 13.2 Å². The molecular weight excluding hydrogens is 559 g/mol. The van der Waals surface area contributed by atoms with E-state index in [4.69, 9.17) is 9.47 Å². The van der Waals surface area contributed by atoms with Crippen molar-refractivity contribution in [3.63, 3.8) is 0 Å². The van der Waals surface area contributed by atoms with Gasteiger partial charge in [-0.15, -0.1) is 13.2 Å². The number of aliphatic hydroxyl groups is 1. The number of benzene rings is 2. The Bertz CT molecular complexity index is 1450. The summed E-state index contributed by atoms with van der Waals surface area (Å²) in [6.07, 6.45) is -2.94. The van der Waals surface area contributed by atoms with Gasteiger partial charge in [0.05, 0.1) is 28.7 Å². The zero-order valence-electron chi connectivity index (χ0n) is 21.3. The van der Waals surface area contributed by atoms with E-state index in [0.717, 1.165) is 18.2 Å². The Morgan fingerprint density at radius 2 is 1.63 bits per heavy atom. The smallest absolute Gasteiger partial charge is 0.484 e. The van der Waals surface area contributed by atoms with E-state index in [9.17, 15) is 36.6 Å². The molecule has 0 radical (unpaired) electrons. The standard InChI is InChI=1S/C26H25F5N4O6/c27-17-8-15(9-19-16(17)11-32-35-19)40-12-22(37)33-24-3-5-25(6-4-24,21(36)10-24)34-23(38)13-39-14-1-2-20(18(28)7-14)41-26(29,30)31/h1-2,7-9,11,21,36H,3-6,10,12-13H2,(H,32,35)(H,33,37)(H,34,38)/t21-,24?,25?/m1/s1. The summed E-state index contributed by atoms with van der Waals surface area (Å²) in [4.78, 5) is 25.2. The molecule has 2 amide bonds. The number of ether oxygens (including phenoxy) is 3. The van der Waals surface area contributed by atoms with Gasteiger partial charge in [0.2, 0.25) is 0 Å². The van der Waals surface area contributed by atoms with Crippen LogP contribution in [0.5, 0.6) is 17.2 Å². The third-order valence-electron chi connectivity index (χ3n) is 7.46. The van der Waals surface area contributed by atoms with Crippen LogP contribution >= 0.6 is 0 Å². The first-order valence-corrected chi connectivity index (χ1v) is 12.6. The summed E-state index contributed by atoms with van der Waals surface area (Å²) in [6.45, 7) is -0.947. The molecule has 2 bridgehead atoms. The van der Waals surface area contributed by atoms with Gasteiger partial charge in [-0.2, -0.15) is 5.10 Å². The van der Waals surface area contributed by atoms with Gasteiger partial charge in [-0.3, -0.25) is 14.7 Å². The predicted octanol–water partition coefficient (Wildman–Crippen LogP) is 3.25. The van der Waals surface area contributed by atoms with Crippen molar-refractivity contribution in [1.29, 1.82) is 0 Å². The van der Waals surface area contributed by atoms with E-state index in [2.05, 4.69) is 25.6 Å². The molecule has 0 unspecified atom stereocenters. The molecule has 3 fully saturated rings. The third kappa shape index (κ3) is 6.29. The fourth-order valence-electron chi connectivity index (χ4n) is 5.45. The van der Waals surface area contributed by atoms with E-state index in [1.807, 2.05) is 0 Å². The van der Waals surface area contributed by atoms with E-state index in [0.29, 0.717) is 42.7 Å². The number of carbonyl (C=O) groups is 2. The lowest BCUT2D eigenvalue weighted by Gasteiger charge is -2.56. The molecule has 1 heterocycles. The van der Waals surface area contributed by atoms with Crippen LogP contribution in [-0.4, -0.2) is 63.9 Å². The third-order valence-corrected chi connectivity index (χ3v) is 7.46. The molecule has 1 atom stereocenters. The number of H-pyrrole nitrogens is 1. The van der Waals surface area contributed by atoms with Crippen LogP contribution in [0.2, 0.25) is 0 Å². The monoisotopic (exact) mass is 584 g/mol. The van der Waals surface area contributed by atoms with Crippen molar-refractivity contribution in [2.45, 2.75) is 55.6 Å². The van der Waals surface area contributed by atoms with Crippen LogP contribution < -0.4 is 24.8 Å². The summed E-state index contributed by atoms with van der Waals surface area (Å²) in [5, 5.41) is 23.3. The summed E-state index contributed by atoms with van der Waals surface area (Å²) >= 11 is 0. The summed E-state index contributed by atoms with van der Waals surface area (Å²) in [5.41, 5.74) is -1.25. The summed E-state index contributed by atoms with van der Waals surface area (Å²) in [5.74, 6) is -4.00. The first kappa shape index (κ1) is 28.4. The minimum Gasteiger partial charge on any atom is -0.484 e. The molecule has 2 aromatic carbocycles. The highest BCUT2D eigenvalue weighted by molar-refractivity contribution is 5.81. The molecular formula is C26H25F5N4O6. The number of hydrogen-bond acceptors (Lipinski definition) is 7. The Balaban J connectivity index is 1.11. The van der Waals surface area contributed by atoms with Gasteiger partial charge in [0, 0.05) is 23.7 Å². The van der Waals surface area contributed by atoms with Crippen molar-refractivity contribution in [3.05, 3.63) is 48.2 Å². The molecule has 0 saturated heterocycles. The number of aromatic nitrogens is 2. The van der Waals surface area contributed by atoms with Gasteiger partial charge in [0.1, 0.15) is 17.3 Å². The average molecular weight is 584 g/mol. The van der Waals surface area contributed by atoms with E-state index in [1.165, 1.54) is 12.3 Å². The maximum Gasteiger partial charge on any atom is 0.573 e. The molecule has 3 saturated carbocycles. The van der Waals surface area contributed by atoms with Gasteiger partial charge < -0.3 is 30.0 Å². The maximum absolute atomic E-state index is 14.1. The first-order chi connectivity index (χ1) is 19.4. The lowest BCUT2D eigenvalue weighted by Crippen LogP contribution is -2.70. The number of nitrogens with one attached hydrogen (secondary N) is 3. The van der Waals surface area contributed by atoms with Gasteiger partial charge in [0.25, 0.3) is 11.8 Å². The topological polar surface area (TPSA) is 135 Å². The molecule has 3 aliphatic carbocycles. The molecule has 220 valence electrons. The molecule has 15 heteroatoms. The number of hydrogen-bond donors (Lipinski definition) is 4. The normalized spacial score (nSPS) is 23.7. The summed E-state index contributed by atoms with van der Waals surface area (Å²) in [7, 11) is 0. The SMILES string of the molecule is O=C(COc1cc(F)c2cn[nH]c2c1)NC12CCC(NC(=O)COc3ccc(OC(F)(F)F)c(F)c3)(CC1)[C@H](O)C2. The average Bonchev–Trinajstić information content (AvgIpc) is 3.38. The molecule has 3 aromatic rings. The Morgan fingerprint density at radius 1 is 0.976 bits per heavy atom. The second-order valence-electron chi connectivity index (χ2n) is 10.2. The second kappa shape index (κ2) is 10.7. The molecule has 10 nitrogen and oxygen atoms in total. The number of fused-ring (bicyclic) bond motifs is 4. The Hall–Kier alpha value is -4.14. The number of amides is 2. The van der Waals surface area contributed by atoms with E-state index >= 15 is 0 Å². The van der Waals surface area contributed by atoms with Crippen molar-refractivity contribution in [2.24, 2.45) is 0 Å². The number of carbonyl (C=O) groups excluding carboxylic acids is 2. The fourth-order valence-corrected chi connectivity index (χ4v) is 5.45. The number of aromatic amines is 1. The van der Waals surface area contributed by atoms with Crippen LogP contribution in [-0.2, 0) is 9.59 Å². The number of aliphatic hydroxyl groups excluding tert-OH is 1. The molecule has 0 spiro atoms. The van der Waals surface area contributed by atoms with Crippen LogP contribution in [0.25, 0.3) is 10.9 Å². The minimum absolute atomic E-state index is 0.150. The number of rotatable bonds is 9. The lowest BCUT2D eigenvalue weighted by atomic mass is 9.60. The van der Waals surface area contributed by atoms with Crippen molar-refractivity contribution in [3.8, 4) is 17.2 Å². The number of nitrogens with zero attached hydrogens (tertiary/aromatic N) is 1. The molecule has 3 aliphatic rings. The largest absolute Gasteiger partial charge is 0.573 e. The molecule has 1 aromatic heterocycles. The van der Waals surface area contributed by atoms with Crippen LogP contribution in [0.3, 0.4) is 0 Å². The predicted molar refractivity (Wildman–Crippen MR) is 131 cm³/mol. The fraction of sp³-hybridized carbons (Fsp3) is 0.423. The number of halogens is 5. The molecule has 6 rings (SSSR count). The Morgan fingerprint density at radius 3 is 2.29 bits per heavy atom. The highest BCUT2D eigenvalue weighted by Gasteiger charge is 2.55. The van der Waals surface area contributed by atoms with Crippen LogP contribution in [0.1, 0.15) is 32.1 Å². The van der Waals surface area contributed by atoms with Crippen LogP contribution in [0.4, 0.5) is 22.0 Å².